The summed E-state index contributed by atoms with van der Waals surface area (Å²) in [6, 6.07) is -0.463. The van der Waals surface area contributed by atoms with Gasteiger partial charge in [-0.3, -0.25) is 20.4 Å². The number of carbonyl (C=O) groups is 2. The molecular weight excluding hydrogens is 170 g/mol. The van der Waals surface area contributed by atoms with Crippen molar-refractivity contribution in [2.24, 2.45) is 0 Å². The fourth-order valence-electron chi connectivity index (χ4n) is 1.15. The van der Waals surface area contributed by atoms with Crippen LogP contribution in [0.25, 0.3) is 0 Å². The van der Waals surface area contributed by atoms with Gasteiger partial charge in [-0.15, -0.1) is 0 Å². The first kappa shape index (κ1) is 9.70. The number of urea groups is 1. The first-order valence-electron chi connectivity index (χ1n) is 4.34. The summed E-state index contributed by atoms with van der Waals surface area (Å²) in [5.74, 6) is -0.287. The van der Waals surface area contributed by atoms with E-state index in [4.69, 9.17) is 5.41 Å². The SMILES string of the molecule is CCCCN1C(=N)CC(=O)NC1=O. The zero-order chi connectivity index (χ0) is 9.84. The van der Waals surface area contributed by atoms with Gasteiger partial charge in [-0.2, -0.15) is 0 Å². The minimum atomic E-state index is -0.463. The second-order valence-electron chi connectivity index (χ2n) is 2.98. The largest absolute Gasteiger partial charge is 0.329 e. The van der Waals surface area contributed by atoms with Crippen LogP contribution in [-0.4, -0.2) is 29.2 Å². The van der Waals surface area contributed by atoms with E-state index in [1.54, 1.807) is 0 Å². The molecule has 5 nitrogen and oxygen atoms in total. The molecule has 0 aromatic carbocycles. The van der Waals surface area contributed by atoms with Crippen LogP contribution in [0, 0.1) is 5.41 Å². The number of hydrogen-bond acceptors (Lipinski definition) is 3. The number of nitrogens with zero attached hydrogens (tertiary/aromatic N) is 1. The van der Waals surface area contributed by atoms with Crippen molar-refractivity contribution in [3.8, 4) is 0 Å². The van der Waals surface area contributed by atoms with Crippen LogP contribution in [0.4, 0.5) is 4.79 Å². The third kappa shape index (κ3) is 2.27. The molecule has 0 bridgehead atoms. The summed E-state index contributed by atoms with van der Waals surface area (Å²) >= 11 is 0. The van der Waals surface area contributed by atoms with Crippen molar-refractivity contribution in [3.05, 3.63) is 0 Å². The van der Waals surface area contributed by atoms with Crippen molar-refractivity contribution in [1.29, 1.82) is 5.41 Å². The maximum Gasteiger partial charge on any atom is 0.329 e. The molecule has 0 aromatic rings. The highest BCUT2D eigenvalue weighted by atomic mass is 16.2. The molecule has 1 rings (SSSR count). The summed E-state index contributed by atoms with van der Waals surface area (Å²) in [5, 5.41) is 9.61. The van der Waals surface area contributed by atoms with Crippen molar-refractivity contribution in [1.82, 2.24) is 10.2 Å². The highest BCUT2D eigenvalue weighted by molar-refractivity contribution is 6.14. The van der Waals surface area contributed by atoms with Gasteiger partial charge in [0.25, 0.3) is 0 Å². The van der Waals surface area contributed by atoms with E-state index in [0.29, 0.717) is 6.54 Å². The number of rotatable bonds is 3. The molecule has 1 saturated heterocycles. The molecule has 0 aromatic heterocycles. The minimum absolute atomic E-state index is 0.00938. The van der Waals surface area contributed by atoms with Crippen LogP contribution in [0.3, 0.4) is 0 Å². The summed E-state index contributed by atoms with van der Waals surface area (Å²) in [4.78, 5) is 23.3. The van der Waals surface area contributed by atoms with Crippen LogP contribution < -0.4 is 5.32 Å². The van der Waals surface area contributed by atoms with Crippen molar-refractivity contribution < 1.29 is 9.59 Å². The van der Waals surface area contributed by atoms with Gasteiger partial charge in [0.05, 0.1) is 6.42 Å². The van der Waals surface area contributed by atoms with Gasteiger partial charge in [-0.25, -0.2) is 4.79 Å². The van der Waals surface area contributed by atoms with Gasteiger partial charge >= 0.3 is 6.03 Å². The normalized spacial score (nSPS) is 17.6. The molecule has 0 spiro atoms. The molecule has 0 unspecified atom stereocenters. The molecule has 13 heavy (non-hydrogen) atoms. The smallest absolute Gasteiger partial charge is 0.288 e. The molecule has 2 N–H and O–H groups in total. The van der Waals surface area contributed by atoms with E-state index in [1.165, 1.54) is 4.90 Å². The van der Waals surface area contributed by atoms with Gasteiger partial charge in [0, 0.05) is 6.54 Å². The van der Waals surface area contributed by atoms with Gasteiger partial charge in [-0.05, 0) is 6.42 Å². The van der Waals surface area contributed by atoms with Gasteiger partial charge in [0.15, 0.2) is 0 Å². The number of amidine groups is 1. The number of unbranched alkanes of at least 4 members (excludes halogenated alkanes) is 1. The summed E-state index contributed by atoms with van der Waals surface area (Å²) < 4.78 is 0. The highest BCUT2D eigenvalue weighted by Gasteiger charge is 2.26. The molecule has 0 aliphatic carbocycles. The quantitative estimate of drug-likeness (QED) is 0.676. The highest BCUT2D eigenvalue weighted by Crippen LogP contribution is 2.04. The number of amides is 3. The van der Waals surface area contributed by atoms with E-state index >= 15 is 0 Å². The fourth-order valence-corrected chi connectivity index (χ4v) is 1.15. The molecule has 72 valence electrons. The summed E-state index contributed by atoms with van der Waals surface area (Å²) in [6.07, 6.45) is 1.82. The van der Waals surface area contributed by atoms with Crippen LogP contribution in [0.1, 0.15) is 26.2 Å². The Balaban J connectivity index is 2.56. The summed E-state index contributed by atoms with van der Waals surface area (Å²) in [7, 11) is 0. The zero-order valence-corrected chi connectivity index (χ0v) is 7.59. The number of imide groups is 1. The van der Waals surface area contributed by atoms with Crippen LogP contribution >= 0.6 is 0 Å². The minimum Gasteiger partial charge on any atom is -0.288 e. The van der Waals surface area contributed by atoms with Crippen LogP contribution in [0.2, 0.25) is 0 Å². The Morgan fingerprint density at radius 1 is 1.54 bits per heavy atom. The molecular formula is C8H13N3O2. The topological polar surface area (TPSA) is 73.3 Å². The lowest BCUT2D eigenvalue weighted by molar-refractivity contribution is -0.119. The van der Waals surface area contributed by atoms with Crippen LogP contribution in [0.5, 0.6) is 0 Å². The molecule has 0 saturated carbocycles. The lowest BCUT2D eigenvalue weighted by Gasteiger charge is -2.26. The zero-order valence-electron chi connectivity index (χ0n) is 7.59. The van der Waals surface area contributed by atoms with Gasteiger partial charge < -0.3 is 0 Å². The van der Waals surface area contributed by atoms with Crippen LogP contribution in [0.15, 0.2) is 0 Å². The molecule has 0 radical (unpaired) electrons. The van der Waals surface area contributed by atoms with Crippen molar-refractivity contribution >= 4 is 17.8 Å². The van der Waals surface area contributed by atoms with Crippen LogP contribution in [-0.2, 0) is 4.79 Å². The summed E-state index contributed by atoms with van der Waals surface area (Å²) in [6.45, 7) is 2.53. The Hall–Kier alpha value is -1.39. The molecule has 1 heterocycles. The standard InChI is InChI=1S/C8H13N3O2/c1-2-3-4-11-6(9)5-7(12)10-8(11)13/h9H,2-5H2,1H3,(H,10,12,13). The molecule has 5 heteroatoms. The Morgan fingerprint density at radius 2 is 2.23 bits per heavy atom. The van der Waals surface area contributed by atoms with E-state index in [-0.39, 0.29) is 18.2 Å². The Morgan fingerprint density at radius 3 is 2.77 bits per heavy atom. The van der Waals surface area contributed by atoms with E-state index in [0.717, 1.165) is 12.8 Å². The summed E-state index contributed by atoms with van der Waals surface area (Å²) in [5.41, 5.74) is 0. The van der Waals surface area contributed by atoms with Gasteiger partial charge in [0.1, 0.15) is 5.84 Å². The number of carbonyl (C=O) groups excluding carboxylic acids is 2. The third-order valence-corrected chi connectivity index (χ3v) is 1.88. The maximum atomic E-state index is 11.2. The second-order valence-corrected chi connectivity index (χ2v) is 2.98. The Labute approximate surface area is 76.6 Å². The average molecular weight is 183 g/mol. The molecule has 3 amide bonds. The first-order valence-corrected chi connectivity index (χ1v) is 4.34. The second kappa shape index (κ2) is 4.02. The van der Waals surface area contributed by atoms with Crippen molar-refractivity contribution in [2.75, 3.05) is 6.54 Å². The number of hydrogen-bond donors (Lipinski definition) is 2. The molecule has 0 atom stereocenters. The average Bonchev–Trinajstić information content (AvgIpc) is 2.02. The molecule has 1 aliphatic rings. The number of nitrogens with one attached hydrogen (secondary N) is 2. The van der Waals surface area contributed by atoms with Gasteiger partial charge in [-0.1, -0.05) is 13.3 Å². The predicted octanol–water partition coefficient (Wildman–Crippen LogP) is 0.706. The van der Waals surface area contributed by atoms with E-state index < -0.39 is 6.03 Å². The van der Waals surface area contributed by atoms with Crippen molar-refractivity contribution in [2.45, 2.75) is 26.2 Å². The molecule has 1 fully saturated rings. The fraction of sp³-hybridized carbons (Fsp3) is 0.625. The monoisotopic (exact) mass is 183 g/mol. The Bertz CT molecular complexity index is 230. The van der Waals surface area contributed by atoms with Gasteiger partial charge in [0.2, 0.25) is 5.91 Å². The lowest BCUT2D eigenvalue weighted by Crippen LogP contribution is -2.52. The Kier molecular flexibility index (Phi) is 3.00. The maximum absolute atomic E-state index is 11.2. The van der Waals surface area contributed by atoms with E-state index in [9.17, 15) is 9.59 Å². The first-order chi connectivity index (χ1) is 6.15. The van der Waals surface area contributed by atoms with E-state index in [2.05, 4.69) is 5.32 Å². The van der Waals surface area contributed by atoms with E-state index in [1.807, 2.05) is 6.92 Å². The lowest BCUT2D eigenvalue weighted by atomic mass is 10.2. The predicted molar refractivity (Wildman–Crippen MR) is 47.5 cm³/mol. The third-order valence-electron chi connectivity index (χ3n) is 1.88. The molecule has 1 aliphatic heterocycles. The van der Waals surface area contributed by atoms with Crippen molar-refractivity contribution in [3.63, 3.8) is 0 Å².